The van der Waals surface area contributed by atoms with E-state index in [0.29, 0.717) is 28.7 Å². The van der Waals surface area contributed by atoms with E-state index in [-0.39, 0.29) is 5.15 Å². The van der Waals surface area contributed by atoms with Gasteiger partial charge in [-0.15, -0.1) is 0 Å². The van der Waals surface area contributed by atoms with Crippen molar-refractivity contribution in [3.63, 3.8) is 0 Å². The van der Waals surface area contributed by atoms with E-state index < -0.39 is 23.2 Å². The predicted molar refractivity (Wildman–Crippen MR) is 88.4 cm³/mol. The fourth-order valence-electron chi connectivity index (χ4n) is 2.34. The minimum atomic E-state index is -4.72. The van der Waals surface area contributed by atoms with Crippen molar-refractivity contribution in [1.82, 2.24) is 9.97 Å². The molecule has 2 N–H and O–H groups in total. The molecule has 2 aromatic rings. The lowest BCUT2D eigenvalue weighted by atomic mass is 10.1. The summed E-state index contributed by atoms with van der Waals surface area (Å²) in [5.41, 5.74) is 1.62. The third kappa shape index (κ3) is 3.68. The molecule has 0 bridgehead atoms. The van der Waals surface area contributed by atoms with Gasteiger partial charge in [0.1, 0.15) is 5.15 Å². The minimum absolute atomic E-state index is 0.339. The number of aromatic nitrogens is 2. The number of aromatic amines is 1. The molecule has 128 valence electrons. The van der Waals surface area contributed by atoms with Gasteiger partial charge >= 0.3 is 6.18 Å². The molecule has 4 nitrogen and oxygen atoms in total. The number of carbonyl (C=O) groups is 1. The van der Waals surface area contributed by atoms with Crippen LogP contribution in [0.1, 0.15) is 22.3 Å². The summed E-state index contributed by atoms with van der Waals surface area (Å²) in [5.74, 6) is -0.929. The number of anilines is 1. The standard InChI is InChI=1S/C17H11ClF3N3O/c18-15-7-12(17(19,20)21)11(8-23-15)16(25)24-14-9-22-13-6-4-2-1-3-5-10(13)14/h1,3-5,7-9,22H,2H2,(H,24,25)/b3-1-,10-5+. The second kappa shape index (κ2) is 6.63. The third-order valence-corrected chi connectivity index (χ3v) is 3.70. The van der Waals surface area contributed by atoms with Crippen molar-refractivity contribution in [2.75, 3.05) is 5.32 Å². The van der Waals surface area contributed by atoms with Crippen LogP contribution in [0.4, 0.5) is 18.9 Å². The molecule has 1 aliphatic rings. The Balaban J connectivity index is 2.02. The quantitative estimate of drug-likeness (QED) is 0.804. The van der Waals surface area contributed by atoms with E-state index in [0.717, 1.165) is 6.20 Å². The van der Waals surface area contributed by atoms with Gasteiger partial charge in [0, 0.05) is 17.6 Å². The molecule has 1 amide bonds. The molecule has 3 rings (SSSR count). The Morgan fingerprint density at radius 2 is 2.20 bits per heavy atom. The average Bonchev–Trinajstić information content (AvgIpc) is 2.86. The van der Waals surface area contributed by atoms with Gasteiger partial charge in [-0.1, -0.05) is 35.6 Å². The van der Waals surface area contributed by atoms with Crippen molar-refractivity contribution < 1.29 is 18.0 Å². The molecule has 2 heterocycles. The smallest absolute Gasteiger partial charge is 0.353 e. The van der Waals surface area contributed by atoms with Crippen molar-refractivity contribution >= 4 is 35.0 Å². The van der Waals surface area contributed by atoms with Gasteiger partial charge < -0.3 is 10.3 Å². The number of amides is 1. The van der Waals surface area contributed by atoms with Gasteiger partial charge in [0.05, 0.1) is 22.2 Å². The van der Waals surface area contributed by atoms with Crippen molar-refractivity contribution in [2.45, 2.75) is 12.6 Å². The second-order valence-electron chi connectivity index (χ2n) is 5.17. The maximum absolute atomic E-state index is 13.1. The number of hydrogen-bond acceptors (Lipinski definition) is 2. The molecule has 0 fully saturated rings. The second-order valence-corrected chi connectivity index (χ2v) is 5.56. The zero-order valence-electron chi connectivity index (χ0n) is 12.6. The molecule has 0 spiro atoms. The molecular formula is C17H11ClF3N3O. The van der Waals surface area contributed by atoms with E-state index in [4.69, 9.17) is 11.6 Å². The average molecular weight is 366 g/mol. The van der Waals surface area contributed by atoms with E-state index in [9.17, 15) is 18.0 Å². The Kier molecular flexibility index (Phi) is 4.53. The van der Waals surface area contributed by atoms with Crippen LogP contribution in [-0.2, 0) is 6.18 Å². The fraction of sp³-hybridized carbons (Fsp3) is 0.118. The van der Waals surface area contributed by atoms with Crippen LogP contribution in [0.25, 0.3) is 11.8 Å². The lowest BCUT2D eigenvalue weighted by Gasteiger charge is -2.12. The summed E-state index contributed by atoms with van der Waals surface area (Å²) in [5, 5.41) is 3.39. The first-order chi connectivity index (χ1) is 11.9. The van der Waals surface area contributed by atoms with Crippen LogP contribution in [0, 0.1) is 0 Å². The lowest BCUT2D eigenvalue weighted by molar-refractivity contribution is -0.137. The number of rotatable bonds is 2. The topological polar surface area (TPSA) is 57.8 Å². The molecule has 25 heavy (non-hydrogen) atoms. The molecule has 0 unspecified atom stereocenters. The Bertz CT molecular complexity index is 1010. The normalized spacial score (nSPS) is 15.9. The number of fused-ring (bicyclic) bond motifs is 1. The van der Waals surface area contributed by atoms with Crippen molar-refractivity contribution in [3.8, 4) is 0 Å². The van der Waals surface area contributed by atoms with Crippen LogP contribution in [0.5, 0.6) is 0 Å². The molecule has 0 saturated carbocycles. The highest BCUT2D eigenvalue weighted by atomic mass is 35.5. The van der Waals surface area contributed by atoms with Crippen LogP contribution in [-0.4, -0.2) is 15.9 Å². The summed E-state index contributed by atoms with van der Waals surface area (Å²) in [6, 6.07) is 0.629. The SMILES string of the molecule is O=C(Nc1c[nH]c2/c1=C\C=C/CC=C=2)c1cnc(Cl)cc1C(F)(F)F. The van der Waals surface area contributed by atoms with E-state index in [1.807, 2.05) is 6.08 Å². The molecule has 8 heteroatoms. The third-order valence-electron chi connectivity index (χ3n) is 3.49. The van der Waals surface area contributed by atoms with Crippen LogP contribution in [0.3, 0.4) is 0 Å². The van der Waals surface area contributed by atoms with Crippen molar-refractivity contribution in [2.24, 2.45) is 0 Å². The summed E-state index contributed by atoms with van der Waals surface area (Å²) in [7, 11) is 0. The van der Waals surface area contributed by atoms with Crippen molar-refractivity contribution in [3.05, 3.63) is 63.5 Å². The summed E-state index contributed by atoms with van der Waals surface area (Å²) in [6.07, 6.45) is 5.52. The number of pyridine rings is 1. The van der Waals surface area contributed by atoms with Gasteiger partial charge in [0.25, 0.3) is 5.91 Å². The fourth-order valence-corrected chi connectivity index (χ4v) is 2.50. The first-order valence-corrected chi connectivity index (χ1v) is 7.57. The molecular weight excluding hydrogens is 355 g/mol. The Morgan fingerprint density at radius 1 is 1.40 bits per heavy atom. The molecule has 0 aliphatic heterocycles. The van der Waals surface area contributed by atoms with Crippen molar-refractivity contribution in [1.29, 1.82) is 0 Å². The molecule has 2 aromatic heterocycles. The Hall–Kier alpha value is -2.76. The molecule has 0 aromatic carbocycles. The van der Waals surface area contributed by atoms with Gasteiger partial charge in [-0.05, 0) is 18.6 Å². The van der Waals surface area contributed by atoms with Gasteiger partial charge in [0.2, 0.25) is 0 Å². The first kappa shape index (κ1) is 17.1. The minimum Gasteiger partial charge on any atom is -0.353 e. The summed E-state index contributed by atoms with van der Waals surface area (Å²) < 4.78 is 39.4. The summed E-state index contributed by atoms with van der Waals surface area (Å²) in [6.45, 7) is 0. The highest BCUT2D eigenvalue weighted by Crippen LogP contribution is 2.33. The number of allylic oxidation sites excluding steroid dienone is 3. The summed E-state index contributed by atoms with van der Waals surface area (Å²) in [4.78, 5) is 18.9. The van der Waals surface area contributed by atoms with Crippen LogP contribution >= 0.6 is 11.6 Å². The number of carbonyl (C=O) groups excluding carboxylic acids is 1. The number of alkyl halides is 3. The molecule has 0 saturated heterocycles. The highest BCUT2D eigenvalue weighted by molar-refractivity contribution is 6.29. The lowest BCUT2D eigenvalue weighted by Crippen LogP contribution is -2.27. The first-order valence-electron chi connectivity index (χ1n) is 7.20. The number of halogens is 4. The monoisotopic (exact) mass is 365 g/mol. The zero-order valence-corrected chi connectivity index (χ0v) is 13.4. The van der Waals surface area contributed by atoms with E-state index >= 15 is 0 Å². The van der Waals surface area contributed by atoms with E-state index in [1.165, 1.54) is 6.20 Å². The molecule has 0 atom stereocenters. The maximum Gasteiger partial charge on any atom is 0.417 e. The highest BCUT2D eigenvalue weighted by Gasteiger charge is 2.36. The largest absolute Gasteiger partial charge is 0.417 e. The molecule has 1 aliphatic carbocycles. The van der Waals surface area contributed by atoms with Gasteiger partial charge in [-0.2, -0.15) is 13.2 Å². The van der Waals surface area contributed by atoms with Crippen LogP contribution in [0.2, 0.25) is 5.15 Å². The van der Waals surface area contributed by atoms with Gasteiger partial charge in [-0.3, -0.25) is 4.79 Å². The van der Waals surface area contributed by atoms with E-state index in [1.54, 1.807) is 18.2 Å². The zero-order chi connectivity index (χ0) is 18.0. The van der Waals surface area contributed by atoms with Gasteiger partial charge in [-0.25, -0.2) is 4.98 Å². The number of H-pyrrole nitrogens is 1. The maximum atomic E-state index is 13.1. The number of nitrogens with zero attached hydrogens (tertiary/aromatic N) is 1. The Labute approximate surface area is 145 Å². The Morgan fingerprint density at radius 3 is 2.96 bits per heavy atom. The van der Waals surface area contributed by atoms with Crippen LogP contribution < -0.4 is 15.9 Å². The van der Waals surface area contributed by atoms with Gasteiger partial charge in [0.15, 0.2) is 0 Å². The number of hydrogen-bond donors (Lipinski definition) is 2. The number of nitrogens with one attached hydrogen (secondary N) is 2. The molecule has 0 radical (unpaired) electrons. The summed E-state index contributed by atoms with van der Waals surface area (Å²) >= 11 is 5.53. The van der Waals surface area contributed by atoms with Crippen LogP contribution in [0.15, 0.2) is 36.7 Å². The van der Waals surface area contributed by atoms with E-state index in [2.05, 4.69) is 21.0 Å². The predicted octanol–water partition coefficient (Wildman–Crippen LogP) is 3.01.